The number of sulfonamides is 1. The van der Waals surface area contributed by atoms with Crippen molar-refractivity contribution < 1.29 is 31.5 Å². The van der Waals surface area contributed by atoms with E-state index in [2.05, 4.69) is 14.8 Å². The third-order valence-electron chi connectivity index (χ3n) is 3.85. The lowest BCUT2D eigenvalue weighted by atomic mass is 10.0. The van der Waals surface area contributed by atoms with E-state index in [4.69, 9.17) is 0 Å². The van der Waals surface area contributed by atoms with Crippen molar-refractivity contribution >= 4 is 21.6 Å². The van der Waals surface area contributed by atoms with E-state index in [0.29, 0.717) is 12.8 Å². The Morgan fingerprint density at radius 3 is 2.71 bits per heavy atom. The molecule has 1 aromatic carbocycles. The molecule has 0 spiro atoms. The number of alkyl halides is 2. The molecule has 1 fully saturated rings. The smallest absolute Gasteiger partial charge is 0.395 e. The molecule has 0 radical (unpaired) electrons. The van der Waals surface area contributed by atoms with E-state index < -0.39 is 28.3 Å². The summed E-state index contributed by atoms with van der Waals surface area (Å²) in [4.78, 5) is 12.4. The molecular formula is C14H16F2N2O5S. The molecule has 2 heterocycles. The van der Waals surface area contributed by atoms with Gasteiger partial charge in [0.05, 0.1) is 6.26 Å². The lowest BCUT2D eigenvalue weighted by molar-refractivity contribution is -0.286. The molecule has 1 saturated heterocycles. The molecule has 1 aromatic rings. The first kappa shape index (κ1) is 16.9. The van der Waals surface area contributed by atoms with Crippen LogP contribution in [0.1, 0.15) is 19.3 Å². The van der Waals surface area contributed by atoms with Gasteiger partial charge in [0.1, 0.15) is 6.04 Å². The van der Waals surface area contributed by atoms with Gasteiger partial charge >= 0.3 is 6.29 Å². The Hall–Kier alpha value is -1.94. The van der Waals surface area contributed by atoms with Gasteiger partial charge in [-0.05, 0) is 25.0 Å². The van der Waals surface area contributed by atoms with E-state index in [1.54, 1.807) is 0 Å². The van der Waals surface area contributed by atoms with Crippen LogP contribution in [-0.2, 0) is 14.8 Å². The highest BCUT2D eigenvalue weighted by Crippen LogP contribution is 2.42. The molecule has 0 saturated carbocycles. The van der Waals surface area contributed by atoms with Crippen LogP contribution < -0.4 is 14.8 Å². The van der Waals surface area contributed by atoms with Crippen molar-refractivity contribution in [3.63, 3.8) is 0 Å². The monoisotopic (exact) mass is 362 g/mol. The second kappa shape index (κ2) is 5.85. The zero-order valence-corrected chi connectivity index (χ0v) is 13.6. The van der Waals surface area contributed by atoms with E-state index in [-0.39, 0.29) is 23.7 Å². The topological polar surface area (TPSA) is 84.9 Å². The average Bonchev–Trinajstić information content (AvgIpc) is 2.79. The van der Waals surface area contributed by atoms with Gasteiger partial charge in [-0.3, -0.25) is 4.79 Å². The molecule has 24 heavy (non-hydrogen) atoms. The predicted molar refractivity (Wildman–Crippen MR) is 80.5 cm³/mol. The van der Waals surface area contributed by atoms with Gasteiger partial charge < -0.3 is 14.8 Å². The van der Waals surface area contributed by atoms with Gasteiger partial charge in [-0.25, -0.2) is 8.42 Å². The molecule has 3 rings (SSSR count). The molecule has 1 amide bonds. The number of benzene rings is 1. The second-order valence-corrected chi connectivity index (χ2v) is 7.64. The quantitative estimate of drug-likeness (QED) is 0.886. The van der Waals surface area contributed by atoms with Crippen LogP contribution in [0.25, 0.3) is 0 Å². The summed E-state index contributed by atoms with van der Waals surface area (Å²) in [5.74, 6) is -0.833. The number of carbonyl (C=O) groups excluding carboxylic acids is 1. The van der Waals surface area contributed by atoms with Gasteiger partial charge in [0.2, 0.25) is 15.9 Å². The van der Waals surface area contributed by atoms with Crippen LogP contribution in [0.4, 0.5) is 14.5 Å². The number of nitrogens with zero attached hydrogens (tertiary/aromatic N) is 1. The number of rotatable bonds is 3. The summed E-state index contributed by atoms with van der Waals surface area (Å²) in [5.41, 5.74) is 0.221. The van der Waals surface area contributed by atoms with Crippen LogP contribution in [-0.4, -0.2) is 43.8 Å². The summed E-state index contributed by atoms with van der Waals surface area (Å²) in [6, 6.07) is 3.03. The van der Waals surface area contributed by atoms with E-state index in [1.165, 1.54) is 18.2 Å². The maximum absolute atomic E-state index is 13.0. The number of anilines is 1. The highest BCUT2D eigenvalue weighted by Gasteiger charge is 2.43. The Bertz CT molecular complexity index is 768. The summed E-state index contributed by atoms with van der Waals surface area (Å²) < 4.78 is 59.4. The Labute approximate surface area is 137 Å². The summed E-state index contributed by atoms with van der Waals surface area (Å²) in [6.45, 7) is 0.282. The van der Waals surface area contributed by atoms with Gasteiger partial charge in [0, 0.05) is 18.3 Å². The maximum Gasteiger partial charge on any atom is 0.586 e. The van der Waals surface area contributed by atoms with Crippen molar-refractivity contribution in [1.82, 2.24) is 4.31 Å². The fraction of sp³-hybridized carbons (Fsp3) is 0.500. The van der Waals surface area contributed by atoms with Crippen LogP contribution in [0.3, 0.4) is 0 Å². The summed E-state index contributed by atoms with van der Waals surface area (Å²) in [5, 5.41) is 2.55. The van der Waals surface area contributed by atoms with Crippen molar-refractivity contribution in [3.8, 4) is 11.5 Å². The van der Waals surface area contributed by atoms with E-state index >= 15 is 0 Å². The third kappa shape index (κ3) is 3.44. The minimum absolute atomic E-state index is 0.131. The zero-order chi connectivity index (χ0) is 17.5. The van der Waals surface area contributed by atoms with Gasteiger partial charge in [-0.1, -0.05) is 6.42 Å². The molecule has 2 aliphatic rings. The van der Waals surface area contributed by atoms with Gasteiger partial charge in [0.25, 0.3) is 0 Å². The predicted octanol–water partition coefficient (Wildman–Crippen LogP) is 1.76. The fourth-order valence-electron chi connectivity index (χ4n) is 2.82. The third-order valence-corrected chi connectivity index (χ3v) is 5.14. The average molecular weight is 362 g/mol. The highest BCUT2D eigenvalue weighted by molar-refractivity contribution is 7.88. The van der Waals surface area contributed by atoms with E-state index in [9.17, 15) is 22.0 Å². The van der Waals surface area contributed by atoms with Crippen LogP contribution in [0.15, 0.2) is 18.2 Å². The van der Waals surface area contributed by atoms with Gasteiger partial charge in [-0.2, -0.15) is 4.31 Å². The molecule has 10 heteroatoms. The number of nitrogens with one attached hydrogen (secondary N) is 1. The molecule has 2 aliphatic heterocycles. The Morgan fingerprint density at radius 2 is 2.00 bits per heavy atom. The number of halogens is 2. The molecule has 0 bridgehead atoms. The van der Waals surface area contributed by atoms with Crippen LogP contribution in [0, 0.1) is 0 Å². The Kier molecular flexibility index (Phi) is 4.12. The number of piperidine rings is 1. The van der Waals surface area contributed by atoms with E-state index in [1.807, 2.05) is 0 Å². The standard InChI is InChI=1S/C14H16F2N2O5S/c1-24(20,21)18-7-3-2-4-10(18)13(19)17-9-5-6-11-12(8-9)23-14(15,16)22-11/h5-6,8,10H,2-4,7H2,1H3,(H,17,19). The van der Waals surface area contributed by atoms with Gasteiger partial charge in [0.15, 0.2) is 11.5 Å². The first-order valence-corrected chi connectivity index (χ1v) is 9.18. The fourth-order valence-corrected chi connectivity index (χ4v) is 3.94. The minimum atomic E-state index is -3.73. The van der Waals surface area contributed by atoms with Crippen LogP contribution in [0.5, 0.6) is 11.5 Å². The van der Waals surface area contributed by atoms with Crippen molar-refractivity contribution in [2.75, 3.05) is 18.1 Å². The Morgan fingerprint density at radius 1 is 1.29 bits per heavy atom. The van der Waals surface area contributed by atoms with Crippen molar-refractivity contribution in [3.05, 3.63) is 18.2 Å². The molecule has 132 valence electrons. The SMILES string of the molecule is CS(=O)(=O)N1CCCCC1C(=O)Nc1ccc2c(c1)OC(F)(F)O2. The molecule has 0 aromatic heterocycles. The zero-order valence-electron chi connectivity index (χ0n) is 12.8. The number of carbonyl (C=O) groups is 1. The summed E-state index contributed by atoms with van der Waals surface area (Å²) >= 11 is 0. The lowest BCUT2D eigenvalue weighted by Crippen LogP contribution is -2.49. The minimum Gasteiger partial charge on any atom is -0.395 e. The molecule has 0 aliphatic carbocycles. The maximum atomic E-state index is 13.0. The molecule has 1 N–H and O–H groups in total. The van der Waals surface area contributed by atoms with E-state index in [0.717, 1.165) is 17.0 Å². The lowest BCUT2D eigenvalue weighted by Gasteiger charge is -2.32. The summed E-state index contributed by atoms with van der Waals surface area (Å²) in [7, 11) is -3.51. The van der Waals surface area contributed by atoms with Gasteiger partial charge in [-0.15, -0.1) is 8.78 Å². The molecule has 1 unspecified atom stereocenters. The molecular weight excluding hydrogens is 346 g/mol. The molecule has 7 nitrogen and oxygen atoms in total. The number of fused-ring (bicyclic) bond motifs is 1. The number of ether oxygens (including phenoxy) is 2. The van der Waals surface area contributed by atoms with Crippen molar-refractivity contribution in [2.24, 2.45) is 0 Å². The number of hydrogen-bond donors (Lipinski definition) is 1. The largest absolute Gasteiger partial charge is 0.586 e. The Balaban J connectivity index is 1.75. The summed E-state index contributed by atoms with van der Waals surface area (Å²) in [6.07, 6.45) is -0.850. The number of hydrogen-bond acceptors (Lipinski definition) is 5. The number of amides is 1. The highest BCUT2D eigenvalue weighted by atomic mass is 32.2. The van der Waals surface area contributed by atoms with Crippen molar-refractivity contribution in [2.45, 2.75) is 31.6 Å². The normalized spacial score (nSPS) is 23.0. The first-order valence-electron chi connectivity index (χ1n) is 7.33. The van der Waals surface area contributed by atoms with Crippen LogP contribution >= 0.6 is 0 Å². The van der Waals surface area contributed by atoms with Crippen LogP contribution in [0.2, 0.25) is 0 Å². The second-order valence-electron chi connectivity index (χ2n) is 5.70. The van der Waals surface area contributed by atoms with Crippen molar-refractivity contribution in [1.29, 1.82) is 0 Å². The molecule has 1 atom stereocenters. The first-order chi connectivity index (χ1) is 11.2.